The first kappa shape index (κ1) is 25.5. The van der Waals surface area contributed by atoms with Gasteiger partial charge in [0.1, 0.15) is 0 Å². The number of fused-ring (bicyclic) bond motifs is 10. The predicted octanol–water partition coefficient (Wildman–Crippen LogP) is 10.1. The quantitative estimate of drug-likeness (QED) is 0.200. The van der Waals surface area contributed by atoms with Crippen molar-refractivity contribution in [3.63, 3.8) is 0 Å². The number of rotatable bonds is 2. The van der Waals surface area contributed by atoms with Gasteiger partial charge in [0.25, 0.3) is 0 Å². The molecular formula is C41H31N5. The normalized spacial score (nSPS) is 14.1. The van der Waals surface area contributed by atoms with Crippen LogP contribution in [-0.4, -0.2) is 25.7 Å². The molecule has 0 aliphatic carbocycles. The minimum Gasteiger partial charge on any atom is -0.315 e. The van der Waals surface area contributed by atoms with E-state index in [2.05, 4.69) is 173 Å². The molecular weight excluding hydrogens is 562 g/mol. The summed E-state index contributed by atoms with van der Waals surface area (Å²) in [6.07, 6.45) is 0. The molecule has 9 aromatic rings. The number of hydrogen-bond donors (Lipinski definition) is 0. The van der Waals surface area contributed by atoms with Gasteiger partial charge < -0.3 is 18.6 Å². The molecule has 5 nitrogen and oxygen atoms in total. The van der Waals surface area contributed by atoms with Gasteiger partial charge in [-0.25, -0.2) is 4.98 Å². The smallest absolute Gasteiger partial charge is 0.211 e. The zero-order valence-corrected chi connectivity index (χ0v) is 25.9. The van der Waals surface area contributed by atoms with Crippen molar-refractivity contribution in [3.05, 3.63) is 139 Å². The number of benzene rings is 6. The van der Waals surface area contributed by atoms with Crippen molar-refractivity contribution in [1.29, 1.82) is 0 Å². The molecule has 6 aromatic carbocycles. The lowest BCUT2D eigenvalue weighted by molar-refractivity contribution is 0.440. The monoisotopic (exact) mass is 593 g/mol. The topological polar surface area (TPSA) is 30.9 Å². The van der Waals surface area contributed by atoms with Crippen LogP contribution in [0.5, 0.6) is 0 Å². The van der Waals surface area contributed by atoms with Gasteiger partial charge in [0.15, 0.2) is 0 Å². The van der Waals surface area contributed by atoms with Crippen LogP contribution in [0.15, 0.2) is 133 Å². The van der Waals surface area contributed by atoms with Crippen molar-refractivity contribution in [1.82, 2.24) is 18.7 Å². The Morgan fingerprint density at radius 3 is 1.65 bits per heavy atom. The molecule has 0 saturated carbocycles. The van der Waals surface area contributed by atoms with Crippen LogP contribution in [0.3, 0.4) is 0 Å². The van der Waals surface area contributed by atoms with Gasteiger partial charge in [-0.1, -0.05) is 72.8 Å². The van der Waals surface area contributed by atoms with Gasteiger partial charge >= 0.3 is 0 Å². The van der Waals surface area contributed by atoms with E-state index in [0.717, 1.165) is 22.7 Å². The van der Waals surface area contributed by atoms with Crippen molar-refractivity contribution in [2.24, 2.45) is 0 Å². The fraction of sp³-hybridized carbons (Fsp3) is 0.0976. The van der Waals surface area contributed by atoms with Crippen LogP contribution in [0.1, 0.15) is 19.4 Å². The number of nitrogens with zero attached hydrogens (tertiary/aromatic N) is 5. The summed E-state index contributed by atoms with van der Waals surface area (Å²) in [4.78, 5) is 7.33. The van der Waals surface area contributed by atoms with Gasteiger partial charge in [-0.3, -0.25) is 0 Å². The third kappa shape index (κ3) is 3.21. The van der Waals surface area contributed by atoms with Crippen LogP contribution in [0.4, 0.5) is 11.6 Å². The second-order valence-corrected chi connectivity index (χ2v) is 13.0. The van der Waals surface area contributed by atoms with Crippen molar-refractivity contribution < 1.29 is 0 Å². The van der Waals surface area contributed by atoms with Crippen molar-refractivity contribution in [2.75, 3.05) is 11.9 Å². The SMILES string of the molecule is CN1c2cc(-n3c4ccccc4c4cc(-n5c6ccccc6c6ccccc65)ccc43)ccc2C(C)(C)n2c1nc1ccccc12. The Morgan fingerprint density at radius 2 is 1.00 bits per heavy atom. The van der Waals surface area contributed by atoms with Crippen LogP contribution >= 0.6 is 0 Å². The van der Waals surface area contributed by atoms with E-state index < -0.39 is 0 Å². The minimum absolute atomic E-state index is 0.260. The molecule has 0 saturated heterocycles. The van der Waals surface area contributed by atoms with E-state index in [1.807, 2.05) is 0 Å². The molecule has 0 unspecified atom stereocenters. The van der Waals surface area contributed by atoms with Gasteiger partial charge in [0.2, 0.25) is 5.95 Å². The first-order valence-electron chi connectivity index (χ1n) is 15.9. The third-order valence-corrected chi connectivity index (χ3v) is 10.2. The Hall–Kier alpha value is -5.81. The molecule has 0 fully saturated rings. The molecule has 10 rings (SSSR count). The largest absolute Gasteiger partial charge is 0.315 e. The summed E-state index contributed by atoms with van der Waals surface area (Å²) in [5.41, 5.74) is 11.5. The standard InChI is InChI=1S/C41H31N5/c1-41(2)32-22-20-27(25-39(32)43(3)40-42-33-15-7-11-19-38(33)46(40)41)45-36-18-10-6-14-30(36)31-24-26(21-23-37(31)45)44-34-16-8-4-12-28(34)29-13-5-9-17-35(29)44/h4-25H,1-3H3. The van der Waals surface area contributed by atoms with E-state index in [0.29, 0.717) is 0 Å². The van der Waals surface area contributed by atoms with Gasteiger partial charge in [-0.2, -0.15) is 0 Å². The second kappa shape index (κ2) is 8.89. The molecule has 5 heteroatoms. The third-order valence-electron chi connectivity index (χ3n) is 10.2. The number of aromatic nitrogens is 4. The highest BCUT2D eigenvalue weighted by Crippen LogP contribution is 2.46. The zero-order chi connectivity index (χ0) is 30.7. The van der Waals surface area contributed by atoms with Gasteiger partial charge in [-0.15, -0.1) is 0 Å². The Bertz CT molecular complexity index is 2650. The van der Waals surface area contributed by atoms with Crippen molar-refractivity contribution in [3.8, 4) is 11.4 Å². The molecule has 0 spiro atoms. The van der Waals surface area contributed by atoms with Crippen LogP contribution in [0, 0.1) is 0 Å². The second-order valence-electron chi connectivity index (χ2n) is 13.0. The van der Waals surface area contributed by atoms with Crippen molar-refractivity contribution in [2.45, 2.75) is 19.4 Å². The Kier molecular flexibility index (Phi) is 4.93. The van der Waals surface area contributed by atoms with E-state index in [1.54, 1.807) is 0 Å². The lowest BCUT2D eigenvalue weighted by atomic mass is 9.89. The van der Waals surface area contributed by atoms with E-state index in [1.165, 1.54) is 60.5 Å². The predicted molar refractivity (Wildman–Crippen MR) is 191 cm³/mol. The Morgan fingerprint density at radius 1 is 0.500 bits per heavy atom. The summed E-state index contributed by atoms with van der Waals surface area (Å²) >= 11 is 0. The highest BCUT2D eigenvalue weighted by molar-refractivity contribution is 6.12. The highest BCUT2D eigenvalue weighted by atomic mass is 15.3. The molecule has 0 amide bonds. The molecule has 1 aliphatic rings. The summed E-state index contributed by atoms with van der Waals surface area (Å²) in [5.74, 6) is 0.967. The van der Waals surface area contributed by atoms with Crippen LogP contribution in [0.2, 0.25) is 0 Å². The summed E-state index contributed by atoms with van der Waals surface area (Å²) in [5, 5.41) is 5.03. The number of para-hydroxylation sites is 5. The number of anilines is 2. The molecule has 4 heterocycles. The van der Waals surface area contributed by atoms with Crippen LogP contribution in [0.25, 0.3) is 66.0 Å². The molecule has 0 bridgehead atoms. The molecule has 220 valence electrons. The zero-order valence-electron chi connectivity index (χ0n) is 25.9. The van der Waals surface area contributed by atoms with Crippen LogP contribution < -0.4 is 4.90 Å². The van der Waals surface area contributed by atoms with Crippen LogP contribution in [-0.2, 0) is 5.54 Å². The maximum absolute atomic E-state index is 5.08. The molecule has 46 heavy (non-hydrogen) atoms. The lowest BCUT2D eigenvalue weighted by Crippen LogP contribution is -2.37. The van der Waals surface area contributed by atoms with E-state index in [-0.39, 0.29) is 5.54 Å². The molecule has 1 aliphatic heterocycles. The fourth-order valence-corrected chi connectivity index (χ4v) is 8.05. The highest BCUT2D eigenvalue weighted by Gasteiger charge is 2.37. The Labute approximate surface area is 266 Å². The van der Waals surface area contributed by atoms with Gasteiger partial charge in [0.05, 0.1) is 44.3 Å². The first-order chi connectivity index (χ1) is 22.5. The first-order valence-corrected chi connectivity index (χ1v) is 15.9. The average molecular weight is 594 g/mol. The van der Waals surface area contributed by atoms with E-state index in [4.69, 9.17) is 4.98 Å². The number of imidazole rings is 1. The summed E-state index contributed by atoms with van der Waals surface area (Å²) in [6, 6.07) is 48.5. The summed E-state index contributed by atoms with van der Waals surface area (Å²) < 4.78 is 7.19. The maximum atomic E-state index is 5.08. The summed E-state index contributed by atoms with van der Waals surface area (Å²) in [7, 11) is 2.14. The molecule has 0 atom stereocenters. The minimum atomic E-state index is -0.260. The van der Waals surface area contributed by atoms with E-state index in [9.17, 15) is 0 Å². The number of hydrogen-bond acceptors (Lipinski definition) is 2. The molecule has 0 N–H and O–H groups in total. The van der Waals surface area contributed by atoms with Crippen molar-refractivity contribution >= 4 is 66.3 Å². The molecule has 0 radical (unpaired) electrons. The Balaban J connectivity index is 1.20. The fourth-order valence-electron chi connectivity index (χ4n) is 8.05. The lowest BCUT2D eigenvalue weighted by Gasteiger charge is -2.40. The van der Waals surface area contributed by atoms with Gasteiger partial charge in [0, 0.05) is 45.5 Å². The van der Waals surface area contributed by atoms with Gasteiger partial charge in [-0.05, 0) is 74.5 Å². The maximum Gasteiger partial charge on any atom is 0.211 e. The molecule has 3 aromatic heterocycles. The average Bonchev–Trinajstić information content (AvgIpc) is 3.75. The van der Waals surface area contributed by atoms with E-state index >= 15 is 0 Å². The summed E-state index contributed by atoms with van der Waals surface area (Å²) in [6.45, 7) is 4.60.